The summed E-state index contributed by atoms with van der Waals surface area (Å²) in [6.07, 6.45) is 2.06. The minimum absolute atomic E-state index is 0. The van der Waals surface area contributed by atoms with Gasteiger partial charge >= 0.3 is 0 Å². The Hall–Kier alpha value is -1.02. The zero-order valence-electron chi connectivity index (χ0n) is 15.0. The Labute approximate surface area is 162 Å². The first kappa shape index (κ1) is 21.0. The molecular weight excluding hydrogens is 417 g/mol. The maximum atomic E-state index is 5.46. The van der Waals surface area contributed by atoms with E-state index in [1.807, 2.05) is 12.1 Å². The molecule has 1 aromatic rings. The first-order valence-electron chi connectivity index (χ1n) is 8.43. The Bertz CT molecular complexity index is 505. The number of nitrogens with one attached hydrogen (secondary N) is 1. The molecule has 0 bridgehead atoms. The maximum absolute atomic E-state index is 5.46. The Balaban J connectivity index is 0.00000288. The molecule has 136 valence electrons. The van der Waals surface area contributed by atoms with Crippen molar-refractivity contribution in [1.29, 1.82) is 0 Å². The van der Waals surface area contributed by atoms with Crippen molar-refractivity contribution in [2.24, 2.45) is 10.9 Å². The number of rotatable bonds is 7. The molecule has 1 aliphatic rings. The Kier molecular flexibility index (Phi) is 10.1. The van der Waals surface area contributed by atoms with Gasteiger partial charge < -0.3 is 19.7 Å². The SMILES string of the molecule is CCNC(=NCCc1cccc(OC)c1)N(C)CC1CCOC1.I. The van der Waals surface area contributed by atoms with Crippen molar-refractivity contribution in [1.82, 2.24) is 10.2 Å². The smallest absolute Gasteiger partial charge is 0.193 e. The summed E-state index contributed by atoms with van der Waals surface area (Å²) < 4.78 is 10.7. The van der Waals surface area contributed by atoms with E-state index in [4.69, 9.17) is 14.5 Å². The van der Waals surface area contributed by atoms with Gasteiger partial charge in [-0.3, -0.25) is 4.99 Å². The molecule has 0 radical (unpaired) electrons. The first-order chi connectivity index (χ1) is 11.2. The molecule has 0 spiro atoms. The van der Waals surface area contributed by atoms with Gasteiger partial charge in [0.1, 0.15) is 5.75 Å². The molecule has 0 amide bonds. The lowest BCUT2D eigenvalue weighted by Crippen LogP contribution is -2.41. The van der Waals surface area contributed by atoms with Gasteiger partial charge in [0.2, 0.25) is 0 Å². The second-order valence-corrected chi connectivity index (χ2v) is 5.95. The first-order valence-corrected chi connectivity index (χ1v) is 8.43. The monoisotopic (exact) mass is 447 g/mol. The van der Waals surface area contributed by atoms with E-state index in [-0.39, 0.29) is 24.0 Å². The predicted molar refractivity (Wildman–Crippen MR) is 110 cm³/mol. The Morgan fingerprint density at radius 3 is 2.96 bits per heavy atom. The fourth-order valence-electron chi connectivity index (χ4n) is 2.79. The van der Waals surface area contributed by atoms with Crippen LogP contribution in [0.2, 0.25) is 0 Å². The topological polar surface area (TPSA) is 46.1 Å². The van der Waals surface area contributed by atoms with Crippen molar-refractivity contribution >= 4 is 29.9 Å². The summed E-state index contributed by atoms with van der Waals surface area (Å²) in [6.45, 7) is 6.50. The summed E-state index contributed by atoms with van der Waals surface area (Å²) in [6, 6.07) is 8.18. The number of benzene rings is 1. The molecule has 0 saturated carbocycles. The molecule has 5 nitrogen and oxygen atoms in total. The van der Waals surface area contributed by atoms with E-state index >= 15 is 0 Å². The maximum Gasteiger partial charge on any atom is 0.193 e. The van der Waals surface area contributed by atoms with Crippen LogP contribution in [0.4, 0.5) is 0 Å². The van der Waals surface area contributed by atoms with Crippen LogP contribution < -0.4 is 10.1 Å². The molecule has 1 aromatic carbocycles. The molecule has 1 fully saturated rings. The lowest BCUT2D eigenvalue weighted by Gasteiger charge is -2.24. The number of aliphatic imine (C=N–C) groups is 1. The highest BCUT2D eigenvalue weighted by Gasteiger charge is 2.18. The van der Waals surface area contributed by atoms with Gasteiger partial charge in [0.05, 0.1) is 13.7 Å². The zero-order chi connectivity index (χ0) is 16.5. The average molecular weight is 447 g/mol. The highest BCUT2D eigenvalue weighted by molar-refractivity contribution is 14.0. The van der Waals surface area contributed by atoms with Crippen molar-refractivity contribution in [2.45, 2.75) is 19.8 Å². The fraction of sp³-hybridized carbons (Fsp3) is 0.611. The number of ether oxygens (including phenoxy) is 2. The highest BCUT2D eigenvalue weighted by atomic mass is 127. The summed E-state index contributed by atoms with van der Waals surface area (Å²) in [5, 5.41) is 3.38. The van der Waals surface area contributed by atoms with Crippen molar-refractivity contribution in [3.05, 3.63) is 29.8 Å². The van der Waals surface area contributed by atoms with Crippen molar-refractivity contribution in [2.75, 3.05) is 47.0 Å². The molecule has 1 unspecified atom stereocenters. The van der Waals surface area contributed by atoms with E-state index in [9.17, 15) is 0 Å². The minimum atomic E-state index is 0. The lowest BCUT2D eigenvalue weighted by molar-refractivity contribution is 0.181. The van der Waals surface area contributed by atoms with Gasteiger partial charge in [-0.05, 0) is 37.5 Å². The van der Waals surface area contributed by atoms with Crippen molar-refractivity contribution in [3.8, 4) is 5.75 Å². The molecule has 6 heteroatoms. The molecular formula is C18H30IN3O2. The summed E-state index contributed by atoms with van der Waals surface area (Å²) in [4.78, 5) is 6.97. The number of methoxy groups -OCH3 is 1. The standard InChI is InChI=1S/C18H29N3O2.HI/c1-4-19-18(21(2)13-16-9-11-23-14-16)20-10-8-15-6-5-7-17(12-15)22-3;/h5-7,12,16H,4,8-11,13-14H2,1-3H3,(H,19,20);1H. The van der Waals surface area contributed by atoms with E-state index in [2.05, 4.69) is 36.3 Å². The second-order valence-electron chi connectivity index (χ2n) is 5.95. The van der Waals surface area contributed by atoms with E-state index in [0.29, 0.717) is 5.92 Å². The minimum Gasteiger partial charge on any atom is -0.497 e. The number of hydrogen-bond acceptors (Lipinski definition) is 3. The molecule has 1 aliphatic heterocycles. The molecule has 1 atom stereocenters. The van der Waals surface area contributed by atoms with Crippen LogP contribution in [0, 0.1) is 5.92 Å². The average Bonchev–Trinajstić information content (AvgIpc) is 3.07. The molecule has 1 saturated heterocycles. The summed E-state index contributed by atoms with van der Waals surface area (Å²) in [5.41, 5.74) is 1.25. The summed E-state index contributed by atoms with van der Waals surface area (Å²) >= 11 is 0. The molecule has 0 aliphatic carbocycles. The normalized spacial score (nSPS) is 17.3. The van der Waals surface area contributed by atoms with Crippen LogP contribution in [-0.2, 0) is 11.2 Å². The zero-order valence-corrected chi connectivity index (χ0v) is 17.3. The van der Waals surface area contributed by atoms with Gasteiger partial charge in [-0.25, -0.2) is 0 Å². The van der Waals surface area contributed by atoms with E-state index in [0.717, 1.165) is 57.4 Å². The van der Waals surface area contributed by atoms with Crippen LogP contribution in [0.3, 0.4) is 0 Å². The Morgan fingerprint density at radius 2 is 2.29 bits per heavy atom. The largest absolute Gasteiger partial charge is 0.497 e. The van der Waals surface area contributed by atoms with Crippen LogP contribution in [0.5, 0.6) is 5.75 Å². The molecule has 2 rings (SSSR count). The van der Waals surface area contributed by atoms with Gasteiger partial charge in [-0.15, -0.1) is 24.0 Å². The number of guanidine groups is 1. The van der Waals surface area contributed by atoms with E-state index in [1.165, 1.54) is 5.56 Å². The van der Waals surface area contributed by atoms with Gasteiger partial charge in [-0.1, -0.05) is 12.1 Å². The van der Waals surface area contributed by atoms with Gasteiger partial charge in [0.25, 0.3) is 0 Å². The highest BCUT2D eigenvalue weighted by Crippen LogP contribution is 2.14. The third-order valence-electron chi connectivity index (χ3n) is 4.05. The van der Waals surface area contributed by atoms with Crippen LogP contribution in [-0.4, -0.2) is 57.9 Å². The Morgan fingerprint density at radius 1 is 1.46 bits per heavy atom. The van der Waals surface area contributed by atoms with Crippen LogP contribution in [0.25, 0.3) is 0 Å². The predicted octanol–water partition coefficient (Wildman–Crippen LogP) is 2.79. The molecule has 0 aromatic heterocycles. The van der Waals surface area contributed by atoms with Gasteiger partial charge in [-0.2, -0.15) is 0 Å². The fourth-order valence-corrected chi connectivity index (χ4v) is 2.79. The molecule has 1 heterocycles. The van der Waals surface area contributed by atoms with Crippen LogP contribution in [0.1, 0.15) is 18.9 Å². The van der Waals surface area contributed by atoms with Gasteiger partial charge in [0.15, 0.2) is 5.96 Å². The van der Waals surface area contributed by atoms with E-state index in [1.54, 1.807) is 7.11 Å². The van der Waals surface area contributed by atoms with Crippen molar-refractivity contribution < 1.29 is 9.47 Å². The van der Waals surface area contributed by atoms with Crippen molar-refractivity contribution in [3.63, 3.8) is 0 Å². The summed E-state index contributed by atoms with van der Waals surface area (Å²) in [7, 11) is 3.80. The third-order valence-corrected chi connectivity index (χ3v) is 4.05. The van der Waals surface area contributed by atoms with E-state index < -0.39 is 0 Å². The second kappa shape index (κ2) is 11.5. The lowest BCUT2D eigenvalue weighted by atomic mass is 10.1. The molecule has 24 heavy (non-hydrogen) atoms. The molecule has 1 N–H and O–H groups in total. The number of nitrogens with zero attached hydrogens (tertiary/aromatic N) is 2. The van der Waals surface area contributed by atoms with Crippen LogP contribution >= 0.6 is 24.0 Å². The van der Waals surface area contributed by atoms with Gasteiger partial charge in [0, 0.05) is 39.2 Å². The third kappa shape index (κ3) is 6.84. The number of hydrogen-bond donors (Lipinski definition) is 1. The quantitative estimate of drug-likeness (QED) is 0.397. The summed E-state index contributed by atoms with van der Waals surface area (Å²) in [5.74, 6) is 2.49. The van der Waals surface area contributed by atoms with Crippen LogP contribution in [0.15, 0.2) is 29.3 Å². The number of halogens is 1.